The number of rotatable bonds is 2. The maximum absolute atomic E-state index is 12.0. The number of anilines is 2. The third-order valence-electron chi connectivity index (χ3n) is 2.49. The summed E-state index contributed by atoms with van der Waals surface area (Å²) in [5.41, 5.74) is 6.67. The van der Waals surface area contributed by atoms with Crippen molar-refractivity contribution in [3.63, 3.8) is 0 Å². The molecule has 0 spiro atoms. The number of hydrogen-bond acceptors (Lipinski definition) is 4. The van der Waals surface area contributed by atoms with Gasteiger partial charge in [0.15, 0.2) is 0 Å². The van der Waals surface area contributed by atoms with Gasteiger partial charge in [0.2, 0.25) is 0 Å². The second-order valence-corrected chi connectivity index (χ2v) is 5.05. The van der Waals surface area contributed by atoms with Gasteiger partial charge in [-0.05, 0) is 52.9 Å². The van der Waals surface area contributed by atoms with Gasteiger partial charge >= 0.3 is 0 Å². The normalized spacial score (nSPS) is 10.2. The predicted molar refractivity (Wildman–Crippen MR) is 81.3 cm³/mol. The summed E-state index contributed by atoms with van der Waals surface area (Å²) in [6, 6.07) is 8.92. The maximum Gasteiger partial charge on any atom is 0.255 e. The quantitative estimate of drug-likeness (QED) is 0.371. The molecule has 0 fully saturated rings. The molecule has 0 unspecified atom stereocenters. The summed E-state index contributed by atoms with van der Waals surface area (Å²) in [5.74, 6) is -0.307. The van der Waals surface area contributed by atoms with Crippen molar-refractivity contribution in [3.8, 4) is 11.5 Å². The van der Waals surface area contributed by atoms with Crippen LogP contribution >= 0.6 is 22.6 Å². The van der Waals surface area contributed by atoms with Gasteiger partial charge < -0.3 is 21.3 Å². The van der Waals surface area contributed by atoms with E-state index in [1.807, 2.05) is 22.6 Å². The Bertz CT molecular complexity index is 644. The Labute approximate surface area is 123 Å². The van der Waals surface area contributed by atoms with Crippen LogP contribution in [0.4, 0.5) is 11.4 Å². The van der Waals surface area contributed by atoms with E-state index in [1.165, 1.54) is 24.3 Å². The topological polar surface area (TPSA) is 95.6 Å². The van der Waals surface area contributed by atoms with Gasteiger partial charge in [0.1, 0.15) is 11.5 Å². The molecule has 0 aliphatic carbocycles. The molecule has 5 N–H and O–H groups in total. The van der Waals surface area contributed by atoms with Crippen LogP contribution in [0.25, 0.3) is 0 Å². The molecule has 0 aromatic heterocycles. The van der Waals surface area contributed by atoms with Gasteiger partial charge in [-0.3, -0.25) is 4.79 Å². The molecule has 0 aliphatic rings. The molecule has 1 amide bonds. The van der Waals surface area contributed by atoms with Gasteiger partial charge in [0.25, 0.3) is 5.91 Å². The van der Waals surface area contributed by atoms with Crippen LogP contribution in [0.3, 0.4) is 0 Å². The van der Waals surface area contributed by atoms with Crippen molar-refractivity contribution in [2.45, 2.75) is 0 Å². The number of halogens is 1. The molecule has 2 aromatic carbocycles. The van der Waals surface area contributed by atoms with E-state index >= 15 is 0 Å². The second kappa shape index (κ2) is 5.35. The van der Waals surface area contributed by atoms with Crippen LogP contribution < -0.4 is 11.1 Å². The Morgan fingerprint density at radius 2 is 1.89 bits per heavy atom. The van der Waals surface area contributed by atoms with Gasteiger partial charge in [-0.25, -0.2) is 0 Å². The highest BCUT2D eigenvalue weighted by atomic mass is 127. The van der Waals surface area contributed by atoms with Crippen LogP contribution in [0.2, 0.25) is 0 Å². The molecule has 19 heavy (non-hydrogen) atoms. The van der Waals surface area contributed by atoms with E-state index in [-0.39, 0.29) is 23.1 Å². The number of hydrogen-bond donors (Lipinski definition) is 4. The highest BCUT2D eigenvalue weighted by Gasteiger charge is 2.10. The summed E-state index contributed by atoms with van der Waals surface area (Å²) < 4.78 is 0.665. The lowest BCUT2D eigenvalue weighted by Crippen LogP contribution is -2.13. The summed E-state index contributed by atoms with van der Waals surface area (Å²) in [6.07, 6.45) is 0. The minimum Gasteiger partial charge on any atom is -0.508 e. The minimum absolute atomic E-state index is 0.0300. The Morgan fingerprint density at radius 1 is 1.16 bits per heavy atom. The maximum atomic E-state index is 12.0. The molecule has 5 nitrogen and oxygen atoms in total. The Morgan fingerprint density at radius 3 is 2.53 bits per heavy atom. The van der Waals surface area contributed by atoms with Crippen molar-refractivity contribution in [1.82, 2.24) is 0 Å². The van der Waals surface area contributed by atoms with E-state index in [0.717, 1.165) is 0 Å². The number of nitrogens with two attached hydrogens (primary N) is 1. The van der Waals surface area contributed by atoms with Crippen LogP contribution in [0.1, 0.15) is 10.4 Å². The lowest BCUT2D eigenvalue weighted by Gasteiger charge is -2.09. The number of phenols is 2. The Hall–Kier alpha value is -1.96. The third-order valence-corrected chi connectivity index (χ3v) is 3.40. The lowest BCUT2D eigenvalue weighted by atomic mass is 10.2. The second-order valence-electron chi connectivity index (χ2n) is 3.89. The summed E-state index contributed by atoms with van der Waals surface area (Å²) in [5, 5.41) is 21.4. The fourth-order valence-electron chi connectivity index (χ4n) is 1.51. The molecule has 0 saturated heterocycles. The standard InChI is InChI=1S/C13H11IN2O3/c14-9-3-1-7(5-12(9)18)13(19)16-11-4-2-8(17)6-10(11)15/h1-6,17-18H,15H2,(H,16,19). The van der Waals surface area contributed by atoms with Crippen molar-refractivity contribution in [3.05, 3.63) is 45.5 Å². The van der Waals surface area contributed by atoms with Crippen LogP contribution in [0.5, 0.6) is 11.5 Å². The molecule has 2 rings (SSSR count). The zero-order chi connectivity index (χ0) is 14.0. The number of nitrogen functional groups attached to an aromatic ring is 1. The molecule has 0 heterocycles. The van der Waals surface area contributed by atoms with Gasteiger partial charge in [-0.1, -0.05) is 0 Å². The molecule has 0 bridgehead atoms. The summed E-state index contributed by atoms with van der Waals surface area (Å²) >= 11 is 1.97. The first-order chi connectivity index (χ1) is 8.97. The van der Waals surface area contributed by atoms with Crippen LogP contribution in [-0.2, 0) is 0 Å². The molecule has 0 radical (unpaired) electrons. The van der Waals surface area contributed by atoms with E-state index in [4.69, 9.17) is 5.73 Å². The first-order valence-corrected chi connectivity index (χ1v) is 6.43. The number of nitrogens with one attached hydrogen (secondary N) is 1. The highest BCUT2D eigenvalue weighted by Crippen LogP contribution is 2.25. The molecular formula is C13H11IN2O3. The fraction of sp³-hybridized carbons (Fsp3) is 0. The zero-order valence-corrected chi connectivity index (χ0v) is 11.9. The zero-order valence-electron chi connectivity index (χ0n) is 9.72. The molecule has 2 aromatic rings. The van der Waals surface area contributed by atoms with E-state index in [2.05, 4.69) is 5.32 Å². The third kappa shape index (κ3) is 3.08. The summed E-state index contributed by atoms with van der Waals surface area (Å²) in [7, 11) is 0. The van der Waals surface area contributed by atoms with Crippen molar-refractivity contribution in [2.24, 2.45) is 0 Å². The molecule has 0 aliphatic heterocycles. The van der Waals surface area contributed by atoms with Gasteiger partial charge in [0, 0.05) is 11.6 Å². The van der Waals surface area contributed by atoms with Gasteiger partial charge in [0.05, 0.1) is 14.9 Å². The summed E-state index contributed by atoms with van der Waals surface area (Å²) in [6.45, 7) is 0. The van der Waals surface area contributed by atoms with E-state index in [1.54, 1.807) is 12.1 Å². The number of amides is 1. The van der Waals surface area contributed by atoms with E-state index in [0.29, 0.717) is 14.8 Å². The number of benzene rings is 2. The minimum atomic E-state index is -0.385. The summed E-state index contributed by atoms with van der Waals surface area (Å²) in [4.78, 5) is 12.0. The van der Waals surface area contributed by atoms with Crippen LogP contribution in [0.15, 0.2) is 36.4 Å². The Kier molecular flexibility index (Phi) is 3.79. The first-order valence-electron chi connectivity index (χ1n) is 5.36. The van der Waals surface area contributed by atoms with Crippen molar-refractivity contribution in [2.75, 3.05) is 11.1 Å². The predicted octanol–water partition coefficient (Wildman–Crippen LogP) is 2.54. The van der Waals surface area contributed by atoms with E-state index in [9.17, 15) is 15.0 Å². The smallest absolute Gasteiger partial charge is 0.255 e. The monoisotopic (exact) mass is 370 g/mol. The van der Waals surface area contributed by atoms with Crippen molar-refractivity contribution < 1.29 is 15.0 Å². The molecule has 0 atom stereocenters. The van der Waals surface area contributed by atoms with Crippen LogP contribution in [-0.4, -0.2) is 16.1 Å². The fourth-order valence-corrected chi connectivity index (χ4v) is 1.85. The molecule has 0 saturated carbocycles. The Balaban J connectivity index is 2.23. The number of phenolic OH excluding ortho intramolecular Hbond substituents is 2. The van der Waals surface area contributed by atoms with E-state index < -0.39 is 0 Å². The average Bonchev–Trinajstić information content (AvgIpc) is 2.36. The molecule has 6 heteroatoms. The molecular weight excluding hydrogens is 359 g/mol. The van der Waals surface area contributed by atoms with Crippen molar-refractivity contribution in [1.29, 1.82) is 0 Å². The van der Waals surface area contributed by atoms with Gasteiger partial charge in [-0.15, -0.1) is 0 Å². The van der Waals surface area contributed by atoms with Crippen LogP contribution in [0, 0.1) is 3.57 Å². The number of aromatic hydroxyl groups is 2. The number of carbonyl (C=O) groups is 1. The lowest BCUT2D eigenvalue weighted by molar-refractivity contribution is 0.102. The number of carbonyl (C=O) groups excluding carboxylic acids is 1. The first kappa shape index (κ1) is 13.5. The largest absolute Gasteiger partial charge is 0.508 e. The van der Waals surface area contributed by atoms with Crippen molar-refractivity contribution >= 4 is 39.9 Å². The molecule has 98 valence electrons. The SMILES string of the molecule is Nc1cc(O)ccc1NC(=O)c1ccc(I)c(O)c1. The highest BCUT2D eigenvalue weighted by molar-refractivity contribution is 14.1. The van der Waals surface area contributed by atoms with Gasteiger partial charge in [-0.2, -0.15) is 0 Å². The average molecular weight is 370 g/mol.